The van der Waals surface area contributed by atoms with Gasteiger partial charge >= 0.3 is 6.18 Å². The Labute approximate surface area is 229 Å². The zero-order chi connectivity index (χ0) is 28.9. The average Bonchev–Trinajstić information content (AvgIpc) is 3.59. The van der Waals surface area contributed by atoms with Gasteiger partial charge in [0, 0.05) is 50.6 Å². The number of aromatic nitrogens is 4. The molecule has 2 aliphatic rings. The number of carbonyl (C=O) groups is 2. The number of alkyl halides is 3. The lowest BCUT2D eigenvalue weighted by molar-refractivity contribution is -0.144. The van der Waals surface area contributed by atoms with Crippen molar-refractivity contribution < 1.29 is 42.2 Å². The Morgan fingerprint density at radius 3 is 2.49 bits per heavy atom. The molecule has 1 aliphatic carbocycles. The lowest BCUT2D eigenvalue weighted by atomic mass is 9.81. The van der Waals surface area contributed by atoms with E-state index >= 15 is 0 Å². The van der Waals surface area contributed by atoms with Crippen molar-refractivity contribution in [2.24, 2.45) is 5.92 Å². The predicted molar refractivity (Wildman–Crippen MR) is 133 cm³/mol. The molecule has 12 nitrogen and oxygen atoms in total. The number of aromatic hydroxyl groups is 1. The summed E-state index contributed by atoms with van der Waals surface area (Å²) < 4.78 is 51.6. The first kappa shape index (κ1) is 26.6. The minimum absolute atomic E-state index is 0.0119. The third-order valence-electron chi connectivity index (χ3n) is 7.26. The molecule has 214 valence electrons. The molecule has 1 aromatic carbocycles. The number of fused-ring (bicyclic) bond motifs is 1. The molecule has 3 aromatic heterocycles. The molecule has 41 heavy (non-hydrogen) atoms. The molecule has 4 aromatic rings. The molecule has 6 rings (SSSR count). The second-order valence-corrected chi connectivity index (χ2v) is 9.86. The van der Waals surface area contributed by atoms with E-state index in [9.17, 15) is 33.0 Å². The summed E-state index contributed by atoms with van der Waals surface area (Å²) in [6, 6.07) is 4.07. The number of piperazine rings is 1. The second kappa shape index (κ2) is 10.1. The van der Waals surface area contributed by atoms with E-state index in [2.05, 4.69) is 19.6 Å². The van der Waals surface area contributed by atoms with Crippen molar-refractivity contribution >= 4 is 17.5 Å². The number of amides is 2. The number of aliphatic hydroxyl groups excluding tert-OH is 1. The molecule has 1 saturated heterocycles. The highest BCUT2D eigenvalue weighted by Gasteiger charge is 2.39. The fraction of sp³-hybridized carbons (Fsp3) is 0.346. The molecule has 0 spiro atoms. The first-order chi connectivity index (χ1) is 19.6. The van der Waals surface area contributed by atoms with Crippen LogP contribution in [0, 0.1) is 5.92 Å². The van der Waals surface area contributed by atoms with Crippen LogP contribution < -0.4 is 4.74 Å². The van der Waals surface area contributed by atoms with Crippen LogP contribution in [0.1, 0.15) is 28.9 Å². The van der Waals surface area contributed by atoms with E-state index in [4.69, 9.17) is 4.74 Å². The summed E-state index contributed by atoms with van der Waals surface area (Å²) in [4.78, 5) is 37.1. The summed E-state index contributed by atoms with van der Waals surface area (Å²) in [5, 5.41) is 23.1. The third kappa shape index (κ3) is 4.92. The number of ether oxygens (including phenoxy) is 1. The summed E-state index contributed by atoms with van der Waals surface area (Å²) in [7, 11) is 0. The molecule has 0 unspecified atom stereocenters. The van der Waals surface area contributed by atoms with E-state index in [0.29, 0.717) is 39.0 Å². The number of benzene rings is 1. The summed E-state index contributed by atoms with van der Waals surface area (Å²) >= 11 is 0. The highest BCUT2D eigenvalue weighted by atomic mass is 19.4. The molecule has 15 heteroatoms. The number of rotatable bonds is 5. The first-order valence-electron chi connectivity index (χ1n) is 12.7. The number of imidazole rings is 1. The lowest BCUT2D eigenvalue weighted by Gasteiger charge is -2.39. The van der Waals surface area contributed by atoms with Crippen molar-refractivity contribution in [3.05, 3.63) is 54.3 Å². The molecule has 1 saturated carbocycles. The Kier molecular flexibility index (Phi) is 6.52. The number of carbonyl (C=O) groups excluding carboxylic acids is 2. The number of phenols is 1. The SMILES string of the molecule is O=C(c1ccc(Oc2nccn3c(-c4conc4C(F)(F)F)cnc23)cc1O)N1CCN(C(=O)[C@H]2C[C@H](O)C2)CC1. The quantitative estimate of drug-likeness (QED) is 0.369. The van der Waals surface area contributed by atoms with E-state index in [-0.39, 0.29) is 51.7 Å². The molecule has 0 radical (unpaired) electrons. The molecular weight excluding hydrogens is 549 g/mol. The summed E-state index contributed by atoms with van der Waals surface area (Å²) in [5.74, 6) is -0.873. The molecule has 1 aliphatic heterocycles. The van der Waals surface area contributed by atoms with Crippen LogP contribution in [0.3, 0.4) is 0 Å². The molecule has 2 N–H and O–H groups in total. The van der Waals surface area contributed by atoms with Gasteiger partial charge in [0.1, 0.15) is 17.8 Å². The van der Waals surface area contributed by atoms with Gasteiger partial charge < -0.3 is 29.3 Å². The Hall–Kier alpha value is -4.66. The highest BCUT2D eigenvalue weighted by molar-refractivity contribution is 5.97. The first-order valence-corrected chi connectivity index (χ1v) is 12.7. The van der Waals surface area contributed by atoms with Gasteiger partial charge in [-0.3, -0.25) is 14.0 Å². The topological polar surface area (TPSA) is 147 Å². The average molecular weight is 573 g/mol. The smallest absolute Gasteiger partial charge is 0.437 e. The van der Waals surface area contributed by atoms with E-state index < -0.39 is 23.9 Å². The van der Waals surface area contributed by atoms with Crippen LogP contribution in [0.25, 0.3) is 16.9 Å². The maximum atomic E-state index is 13.3. The number of halogens is 3. The lowest BCUT2D eigenvalue weighted by Crippen LogP contribution is -2.53. The molecule has 2 amide bonds. The Morgan fingerprint density at radius 1 is 1.07 bits per heavy atom. The monoisotopic (exact) mass is 572 g/mol. The van der Waals surface area contributed by atoms with Crippen LogP contribution in [0.15, 0.2) is 47.6 Å². The van der Waals surface area contributed by atoms with Crippen molar-refractivity contribution in [3.8, 4) is 28.6 Å². The van der Waals surface area contributed by atoms with Crippen LogP contribution in [-0.2, 0) is 11.0 Å². The van der Waals surface area contributed by atoms with E-state index in [1.165, 1.54) is 41.2 Å². The van der Waals surface area contributed by atoms with Gasteiger partial charge in [0.15, 0.2) is 5.69 Å². The highest BCUT2D eigenvalue weighted by Crippen LogP contribution is 2.37. The Bertz CT molecular complexity index is 1620. The number of aliphatic hydroxyl groups is 1. The van der Waals surface area contributed by atoms with Gasteiger partial charge in [0.05, 0.1) is 29.1 Å². The van der Waals surface area contributed by atoms with Gasteiger partial charge in [-0.25, -0.2) is 9.97 Å². The standard InChI is InChI=1S/C26H23F3N6O6/c27-26(28,29)21-18(13-40-32-21)19-12-31-22-23(30-3-4-35(19)22)41-16-1-2-17(20(37)11-16)25(39)34-7-5-33(6-8-34)24(38)14-9-15(36)10-14/h1-4,11-15,36-37H,5-10H2/t14-,15-. The van der Waals surface area contributed by atoms with Crippen LogP contribution in [0.4, 0.5) is 13.2 Å². The predicted octanol–water partition coefficient (Wildman–Crippen LogP) is 2.96. The second-order valence-electron chi connectivity index (χ2n) is 9.86. The van der Waals surface area contributed by atoms with Crippen molar-refractivity contribution in [2.45, 2.75) is 25.1 Å². The van der Waals surface area contributed by atoms with Crippen molar-refractivity contribution in [1.82, 2.24) is 29.3 Å². The zero-order valence-electron chi connectivity index (χ0n) is 21.3. The van der Waals surface area contributed by atoms with Crippen LogP contribution in [0.2, 0.25) is 0 Å². The number of nitrogens with zero attached hydrogens (tertiary/aromatic N) is 6. The zero-order valence-corrected chi connectivity index (χ0v) is 21.3. The van der Waals surface area contributed by atoms with Gasteiger partial charge in [0.2, 0.25) is 11.6 Å². The van der Waals surface area contributed by atoms with Gasteiger partial charge in [-0.1, -0.05) is 5.16 Å². The van der Waals surface area contributed by atoms with Gasteiger partial charge in [-0.05, 0) is 25.0 Å². The van der Waals surface area contributed by atoms with Gasteiger partial charge in [0.25, 0.3) is 11.8 Å². The minimum atomic E-state index is -4.74. The maximum absolute atomic E-state index is 13.3. The largest absolute Gasteiger partial charge is 0.507 e. The Balaban J connectivity index is 1.15. The van der Waals surface area contributed by atoms with Gasteiger partial charge in [-0.2, -0.15) is 13.2 Å². The van der Waals surface area contributed by atoms with Crippen LogP contribution in [-0.4, -0.2) is 83.6 Å². The maximum Gasteiger partial charge on any atom is 0.437 e. The Morgan fingerprint density at radius 2 is 1.80 bits per heavy atom. The molecule has 0 bridgehead atoms. The van der Waals surface area contributed by atoms with E-state index in [0.717, 1.165) is 6.26 Å². The fourth-order valence-corrected chi connectivity index (χ4v) is 5.00. The van der Waals surface area contributed by atoms with Gasteiger partial charge in [-0.15, -0.1) is 0 Å². The molecule has 4 heterocycles. The normalized spacial score (nSPS) is 19.3. The van der Waals surface area contributed by atoms with Crippen molar-refractivity contribution in [2.75, 3.05) is 26.2 Å². The minimum Gasteiger partial charge on any atom is -0.507 e. The molecule has 2 fully saturated rings. The van der Waals surface area contributed by atoms with E-state index in [1.807, 2.05) is 0 Å². The fourth-order valence-electron chi connectivity index (χ4n) is 5.00. The number of phenolic OH excluding ortho intramolecular Hbond substituents is 1. The molecule has 0 atom stereocenters. The van der Waals surface area contributed by atoms with Crippen LogP contribution >= 0.6 is 0 Å². The third-order valence-corrected chi connectivity index (χ3v) is 7.26. The number of hydrogen-bond donors (Lipinski definition) is 2. The summed E-state index contributed by atoms with van der Waals surface area (Å²) in [6.45, 7) is 1.32. The molecular formula is C26H23F3N6O6. The number of hydrogen-bond acceptors (Lipinski definition) is 9. The van der Waals surface area contributed by atoms with E-state index in [1.54, 1.807) is 9.80 Å². The van der Waals surface area contributed by atoms with Crippen LogP contribution in [0.5, 0.6) is 17.4 Å². The van der Waals surface area contributed by atoms with Crippen molar-refractivity contribution in [3.63, 3.8) is 0 Å². The summed E-state index contributed by atoms with van der Waals surface area (Å²) in [6.07, 6.45) is 0.560. The van der Waals surface area contributed by atoms with Crippen molar-refractivity contribution in [1.29, 1.82) is 0 Å². The summed E-state index contributed by atoms with van der Waals surface area (Å²) in [5.41, 5.74) is -1.32.